The summed E-state index contributed by atoms with van der Waals surface area (Å²) in [5.41, 5.74) is 5.96. The first kappa shape index (κ1) is 21.2. The van der Waals surface area contributed by atoms with E-state index in [0.717, 1.165) is 10.8 Å². The molecule has 11 heteroatoms. The van der Waals surface area contributed by atoms with Crippen molar-refractivity contribution < 1.29 is 31.1 Å². The van der Waals surface area contributed by atoms with Crippen molar-refractivity contribution in [3.8, 4) is 0 Å². The highest BCUT2D eigenvalue weighted by Crippen LogP contribution is 2.34. The number of carbonyl (C=O) groups is 1. The number of benzene rings is 1. The number of aromatic nitrogens is 2. The Kier molecular flexibility index (Phi) is 5.61. The third kappa shape index (κ3) is 4.24. The van der Waals surface area contributed by atoms with E-state index in [-0.39, 0.29) is 37.2 Å². The van der Waals surface area contributed by atoms with Crippen LogP contribution in [0, 0.1) is 17.5 Å². The monoisotopic (exact) mass is 420 g/mol. The minimum Gasteiger partial charge on any atom is -0.333 e. The first-order valence-electron chi connectivity index (χ1n) is 8.80. The summed E-state index contributed by atoms with van der Waals surface area (Å²) < 4.78 is 80.1. The van der Waals surface area contributed by atoms with Crippen LogP contribution in [0.5, 0.6) is 0 Å². The van der Waals surface area contributed by atoms with E-state index in [2.05, 4.69) is 4.98 Å². The lowest BCUT2D eigenvalue weighted by Gasteiger charge is -2.35. The van der Waals surface area contributed by atoms with Gasteiger partial charge in [0, 0.05) is 31.6 Å². The summed E-state index contributed by atoms with van der Waals surface area (Å²) in [5.74, 6) is -4.97. The van der Waals surface area contributed by atoms with Gasteiger partial charge >= 0.3 is 6.18 Å². The Morgan fingerprint density at radius 1 is 1.21 bits per heavy atom. The lowest BCUT2D eigenvalue weighted by molar-refractivity contribution is -0.148. The Morgan fingerprint density at radius 3 is 2.52 bits per heavy atom. The van der Waals surface area contributed by atoms with Crippen molar-refractivity contribution in [1.29, 1.82) is 0 Å². The molecule has 0 saturated heterocycles. The second kappa shape index (κ2) is 7.69. The van der Waals surface area contributed by atoms with Crippen LogP contribution in [0.2, 0.25) is 0 Å². The van der Waals surface area contributed by atoms with Gasteiger partial charge in [0.2, 0.25) is 11.7 Å². The number of halogens is 6. The molecule has 0 aliphatic carbocycles. The number of hydrogen-bond donors (Lipinski definition) is 1. The van der Waals surface area contributed by atoms with Gasteiger partial charge in [0.05, 0.1) is 17.9 Å². The third-order valence-electron chi connectivity index (χ3n) is 4.93. The summed E-state index contributed by atoms with van der Waals surface area (Å²) in [4.78, 5) is 17.4. The highest BCUT2D eigenvalue weighted by Gasteiger charge is 2.40. The van der Waals surface area contributed by atoms with E-state index in [0.29, 0.717) is 12.1 Å². The van der Waals surface area contributed by atoms with Crippen LogP contribution >= 0.6 is 0 Å². The second-order valence-corrected chi connectivity index (χ2v) is 6.95. The van der Waals surface area contributed by atoms with Crippen molar-refractivity contribution in [2.24, 2.45) is 5.73 Å². The maximum Gasteiger partial charge on any atom is 0.449 e. The van der Waals surface area contributed by atoms with Crippen LogP contribution in [-0.2, 0) is 23.9 Å². The Labute approximate surface area is 162 Å². The average molecular weight is 420 g/mol. The minimum absolute atomic E-state index is 0.0265. The summed E-state index contributed by atoms with van der Waals surface area (Å²) in [5, 5.41) is 0. The highest BCUT2D eigenvalue weighted by molar-refractivity contribution is 5.77. The predicted molar refractivity (Wildman–Crippen MR) is 90.0 cm³/mol. The smallest absolute Gasteiger partial charge is 0.333 e. The Bertz CT molecular complexity index is 926. The van der Waals surface area contributed by atoms with Crippen LogP contribution in [-0.4, -0.2) is 32.9 Å². The van der Waals surface area contributed by atoms with Gasteiger partial charge in [0.25, 0.3) is 0 Å². The topological polar surface area (TPSA) is 64.2 Å². The van der Waals surface area contributed by atoms with E-state index >= 15 is 0 Å². The fourth-order valence-electron chi connectivity index (χ4n) is 3.50. The molecule has 0 bridgehead atoms. The quantitative estimate of drug-likeness (QED) is 0.611. The molecule has 158 valence electrons. The molecule has 5 nitrogen and oxygen atoms in total. The van der Waals surface area contributed by atoms with Crippen molar-refractivity contribution in [3.05, 3.63) is 52.9 Å². The zero-order valence-corrected chi connectivity index (χ0v) is 15.3. The van der Waals surface area contributed by atoms with Gasteiger partial charge in [-0.2, -0.15) is 13.2 Å². The van der Waals surface area contributed by atoms with Gasteiger partial charge in [-0.15, -0.1) is 0 Å². The zero-order chi connectivity index (χ0) is 21.5. The molecule has 1 aromatic heterocycles. The number of nitrogens with zero attached hydrogens (tertiary/aromatic N) is 3. The second-order valence-electron chi connectivity index (χ2n) is 6.95. The van der Waals surface area contributed by atoms with E-state index in [1.54, 1.807) is 6.92 Å². The summed E-state index contributed by atoms with van der Waals surface area (Å²) in [6.07, 6.45) is -3.94. The molecule has 2 heterocycles. The number of imidazole rings is 1. The van der Waals surface area contributed by atoms with E-state index < -0.39 is 47.4 Å². The van der Waals surface area contributed by atoms with Gasteiger partial charge in [-0.25, -0.2) is 18.2 Å². The molecule has 2 atom stereocenters. The number of rotatable bonds is 4. The maximum atomic E-state index is 13.7. The molecular weight excluding hydrogens is 402 g/mol. The van der Waals surface area contributed by atoms with Crippen LogP contribution in [0.4, 0.5) is 26.3 Å². The van der Waals surface area contributed by atoms with Crippen molar-refractivity contribution in [1.82, 2.24) is 14.5 Å². The zero-order valence-electron chi connectivity index (χ0n) is 15.3. The largest absolute Gasteiger partial charge is 0.449 e. The van der Waals surface area contributed by atoms with E-state index in [1.807, 2.05) is 0 Å². The van der Waals surface area contributed by atoms with Crippen LogP contribution in [0.3, 0.4) is 0 Å². The standard InChI is InChI=1S/C18H18F6N4O/c1-9-15-8-26-17(18(22,23)24)28(15)3-2-27(9)16(29)6-11(25)4-10-5-13(20)14(21)7-12(10)19/h5,7-9,11H,2-4,6,25H2,1H3/t9-,11?/m1/s1. The van der Waals surface area contributed by atoms with Crippen LogP contribution in [0.25, 0.3) is 0 Å². The fraction of sp³-hybridized carbons (Fsp3) is 0.444. The van der Waals surface area contributed by atoms with E-state index in [4.69, 9.17) is 5.73 Å². The lowest BCUT2D eigenvalue weighted by Crippen LogP contribution is -2.43. The first-order valence-corrected chi connectivity index (χ1v) is 8.80. The molecular formula is C18H18F6N4O. The first-order chi connectivity index (χ1) is 13.5. The van der Waals surface area contributed by atoms with Crippen molar-refractivity contribution in [2.45, 2.75) is 44.6 Å². The normalized spacial score (nSPS) is 17.9. The molecule has 0 spiro atoms. The van der Waals surface area contributed by atoms with Gasteiger partial charge in [-0.3, -0.25) is 4.79 Å². The molecule has 1 unspecified atom stereocenters. The van der Waals surface area contributed by atoms with Crippen LogP contribution in [0.1, 0.15) is 36.5 Å². The molecule has 1 aromatic carbocycles. The van der Waals surface area contributed by atoms with Gasteiger partial charge in [0.15, 0.2) is 11.6 Å². The van der Waals surface area contributed by atoms with Gasteiger partial charge < -0.3 is 15.2 Å². The molecule has 2 aromatic rings. The molecule has 1 aliphatic rings. The Balaban J connectivity index is 1.68. The van der Waals surface area contributed by atoms with Crippen molar-refractivity contribution in [2.75, 3.05) is 6.54 Å². The SMILES string of the molecule is C[C@@H]1c2cnc(C(F)(F)F)n2CCN1C(=O)CC(N)Cc1cc(F)c(F)cc1F. The number of fused-ring (bicyclic) bond motifs is 1. The van der Waals surface area contributed by atoms with Gasteiger partial charge in [-0.05, 0) is 25.0 Å². The van der Waals surface area contributed by atoms with Crippen LogP contribution < -0.4 is 5.73 Å². The molecule has 0 radical (unpaired) electrons. The Morgan fingerprint density at radius 2 is 1.86 bits per heavy atom. The Hall–Kier alpha value is -2.56. The third-order valence-corrected chi connectivity index (χ3v) is 4.93. The minimum atomic E-state index is -4.60. The number of carbonyl (C=O) groups excluding carboxylic acids is 1. The summed E-state index contributed by atoms with van der Waals surface area (Å²) in [6, 6.07) is -0.445. The number of nitrogens with two attached hydrogens (primary N) is 1. The van der Waals surface area contributed by atoms with Crippen molar-refractivity contribution in [3.63, 3.8) is 0 Å². The summed E-state index contributed by atoms with van der Waals surface area (Å²) in [7, 11) is 0. The predicted octanol–water partition coefficient (Wildman–Crippen LogP) is 3.18. The van der Waals surface area contributed by atoms with E-state index in [9.17, 15) is 31.1 Å². The number of hydrogen-bond acceptors (Lipinski definition) is 3. The molecule has 1 amide bonds. The summed E-state index contributed by atoms with van der Waals surface area (Å²) >= 11 is 0. The average Bonchev–Trinajstić information content (AvgIpc) is 3.05. The fourth-order valence-corrected chi connectivity index (χ4v) is 3.50. The van der Waals surface area contributed by atoms with Gasteiger partial charge in [-0.1, -0.05) is 0 Å². The molecule has 2 N–H and O–H groups in total. The van der Waals surface area contributed by atoms with Crippen LogP contribution in [0.15, 0.2) is 18.3 Å². The van der Waals surface area contributed by atoms with Crippen molar-refractivity contribution >= 4 is 5.91 Å². The molecule has 29 heavy (non-hydrogen) atoms. The molecule has 0 fully saturated rings. The molecule has 1 aliphatic heterocycles. The van der Waals surface area contributed by atoms with Gasteiger partial charge in [0.1, 0.15) is 5.82 Å². The number of alkyl halides is 3. The summed E-state index contributed by atoms with van der Waals surface area (Å²) in [6.45, 7) is 1.53. The molecule has 0 saturated carbocycles. The highest BCUT2D eigenvalue weighted by atomic mass is 19.4. The lowest BCUT2D eigenvalue weighted by atomic mass is 10.0. The van der Waals surface area contributed by atoms with E-state index in [1.165, 1.54) is 4.90 Å². The molecule has 3 rings (SSSR count). The number of amides is 1. The maximum absolute atomic E-state index is 13.7.